The minimum Gasteiger partial charge on any atom is -0.465 e. The second-order valence-corrected chi connectivity index (χ2v) is 7.01. The van der Waals surface area contributed by atoms with Crippen LogP contribution in [0.4, 0.5) is 0 Å². The van der Waals surface area contributed by atoms with Crippen LogP contribution >= 0.6 is 0 Å². The maximum absolute atomic E-state index is 12.8. The average Bonchev–Trinajstić information content (AvgIpc) is 2.97. The number of primary amides is 1. The predicted molar refractivity (Wildman–Crippen MR) is 78.6 cm³/mol. The maximum atomic E-state index is 12.8. The third-order valence-electron chi connectivity index (χ3n) is 3.73. The molecule has 120 valence electrons. The molecular formula is C14H18N2O5S. The molecule has 0 spiro atoms. The lowest BCUT2D eigenvalue weighted by Crippen LogP contribution is -2.43. The zero-order valence-electron chi connectivity index (χ0n) is 12.4. The van der Waals surface area contributed by atoms with Crippen molar-refractivity contribution in [1.29, 1.82) is 0 Å². The van der Waals surface area contributed by atoms with Crippen molar-refractivity contribution in [1.82, 2.24) is 4.31 Å². The number of amides is 1. The number of sulfonamides is 1. The molecule has 1 aliphatic heterocycles. The van der Waals surface area contributed by atoms with Gasteiger partial charge in [0.05, 0.1) is 17.6 Å². The van der Waals surface area contributed by atoms with Gasteiger partial charge < -0.3 is 10.5 Å². The SMILES string of the molecule is COC(=O)c1ccc(C)c(S(=O)(=O)N2CCCC2C(N)=O)c1. The fourth-order valence-electron chi connectivity index (χ4n) is 2.56. The summed E-state index contributed by atoms with van der Waals surface area (Å²) in [4.78, 5) is 23.0. The summed E-state index contributed by atoms with van der Waals surface area (Å²) in [5.41, 5.74) is 5.91. The molecule has 7 nitrogen and oxygen atoms in total. The molecule has 22 heavy (non-hydrogen) atoms. The molecule has 1 heterocycles. The van der Waals surface area contributed by atoms with E-state index in [0.29, 0.717) is 18.4 Å². The van der Waals surface area contributed by atoms with Crippen LogP contribution in [0.25, 0.3) is 0 Å². The number of nitrogens with two attached hydrogens (primary N) is 1. The van der Waals surface area contributed by atoms with Gasteiger partial charge in [0.2, 0.25) is 15.9 Å². The van der Waals surface area contributed by atoms with Crippen molar-refractivity contribution in [2.45, 2.75) is 30.7 Å². The number of ether oxygens (including phenoxy) is 1. The van der Waals surface area contributed by atoms with E-state index in [-0.39, 0.29) is 17.0 Å². The zero-order chi connectivity index (χ0) is 16.5. The molecule has 8 heteroatoms. The highest BCUT2D eigenvalue weighted by Crippen LogP contribution is 2.28. The van der Waals surface area contributed by atoms with Gasteiger partial charge in [-0.05, 0) is 37.5 Å². The minimum absolute atomic E-state index is 0.0106. The van der Waals surface area contributed by atoms with Gasteiger partial charge in [-0.15, -0.1) is 0 Å². The Hall–Kier alpha value is -1.93. The first-order valence-corrected chi connectivity index (χ1v) is 8.23. The fraction of sp³-hybridized carbons (Fsp3) is 0.429. The third kappa shape index (κ3) is 2.84. The fourth-order valence-corrected chi connectivity index (χ4v) is 4.48. The Kier molecular flexibility index (Phi) is 4.52. The number of hydrogen-bond acceptors (Lipinski definition) is 5. The highest BCUT2D eigenvalue weighted by molar-refractivity contribution is 7.89. The number of benzene rings is 1. The van der Waals surface area contributed by atoms with Crippen LogP contribution in [-0.4, -0.2) is 44.3 Å². The first kappa shape index (κ1) is 16.4. The predicted octanol–water partition coefficient (Wildman–Crippen LogP) is 0.420. The van der Waals surface area contributed by atoms with E-state index in [1.165, 1.54) is 25.3 Å². The molecule has 0 aromatic heterocycles. The van der Waals surface area contributed by atoms with Crippen LogP contribution in [0.3, 0.4) is 0 Å². The number of nitrogens with zero attached hydrogens (tertiary/aromatic N) is 1. The van der Waals surface area contributed by atoms with E-state index in [4.69, 9.17) is 5.73 Å². The van der Waals surface area contributed by atoms with Crippen molar-refractivity contribution in [3.63, 3.8) is 0 Å². The van der Waals surface area contributed by atoms with Gasteiger partial charge >= 0.3 is 5.97 Å². The first-order chi connectivity index (χ1) is 10.3. The number of hydrogen-bond donors (Lipinski definition) is 1. The molecule has 1 aromatic carbocycles. The summed E-state index contributed by atoms with van der Waals surface area (Å²) in [5, 5.41) is 0. The Bertz CT molecular complexity index is 714. The lowest BCUT2D eigenvalue weighted by molar-refractivity contribution is -0.121. The van der Waals surface area contributed by atoms with Crippen molar-refractivity contribution in [3.05, 3.63) is 29.3 Å². The van der Waals surface area contributed by atoms with Crippen LogP contribution in [0, 0.1) is 6.92 Å². The lowest BCUT2D eigenvalue weighted by Gasteiger charge is -2.22. The van der Waals surface area contributed by atoms with Crippen LogP contribution < -0.4 is 5.73 Å². The van der Waals surface area contributed by atoms with Crippen molar-refractivity contribution in [3.8, 4) is 0 Å². The van der Waals surface area contributed by atoms with Gasteiger partial charge in [-0.2, -0.15) is 4.31 Å². The zero-order valence-corrected chi connectivity index (χ0v) is 13.2. The van der Waals surface area contributed by atoms with Crippen molar-refractivity contribution >= 4 is 21.9 Å². The maximum Gasteiger partial charge on any atom is 0.337 e. The smallest absolute Gasteiger partial charge is 0.337 e. The van der Waals surface area contributed by atoms with E-state index in [2.05, 4.69) is 4.74 Å². The van der Waals surface area contributed by atoms with Gasteiger partial charge in [0.1, 0.15) is 6.04 Å². The average molecular weight is 326 g/mol. The van der Waals surface area contributed by atoms with E-state index in [1.807, 2.05) is 0 Å². The molecule has 1 fully saturated rings. The van der Waals surface area contributed by atoms with Crippen LogP contribution in [0.15, 0.2) is 23.1 Å². The summed E-state index contributed by atoms with van der Waals surface area (Å²) in [7, 11) is -2.68. The highest BCUT2D eigenvalue weighted by Gasteiger charge is 2.39. The Balaban J connectivity index is 2.49. The number of esters is 1. The molecule has 1 aromatic rings. The third-order valence-corrected chi connectivity index (χ3v) is 5.78. The molecule has 2 rings (SSSR count). The minimum atomic E-state index is -3.90. The molecule has 0 radical (unpaired) electrons. The van der Waals surface area contributed by atoms with Crippen molar-refractivity contribution in [2.75, 3.05) is 13.7 Å². The van der Waals surface area contributed by atoms with E-state index in [1.54, 1.807) is 6.92 Å². The Morgan fingerprint density at radius 1 is 1.36 bits per heavy atom. The Morgan fingerprint density at radius 2 is 2.05 bits per heavy atom. The summed E-state index contributed by atoms with van der Waals surface area (Å²) in [6, 6.07) is 3.46. The molecule has 0 aliphatic carbocycles. The summed E-state index contributed by atoms with van der Waals surface area (Å²) in [6.45, 7) is 1.86. The molecule has 1 unspecified atom stereocenters. The normalized spacial score (nSPS) is 19.1. The Morgan fingerprint density at radius 3 is 2.64 bits per heavy atom. The summed E-state index contributed by atoms with van der Waals surface area (Å²) < 4.78 is 31.3. The van der Waals surface area contributed by atoms with Gasteiger partial charge in [-0.25, -0.2) is 13.2 Å². The van der Waals surface area contributed by atoms with Crippen LogP contribution in [0.5, 0.6) is 0 Å². The Labute approximate surface area is 129 Å². The van der Waals surface area contributed by atoms with Crippen LogP contribution in [-0.2, 0) is 19.6 Å². The van der Waals surface area contributed by atoms with E-state index in [0.717, 1.165) is 4.31 Å². The summed E-state index contributed by atoms with van der Waals surface area (Å²) in [6.07, 6.45) is 0.979. The molecule has 1 saturated heterocycles. The summed E-state index contributed by atoms with van der Waals surface area (Å²) in [5.74, 6) is -1.29. The van der Waals surface area contributed by atoms with Crippen molar-refractivity contribution < 1.29 is 22.7 Å². The van der Waals surface area contributed by atoms with Crippen molar-refractivity contribution in [2.24, 2.45) is 5.73 Å². The largest absolute Gasteiger partial charge is 0.465 e. The van der Waals surface area contributed by atoms with E-state index < -0.39 is 27.9 Å². The van der Waals surface area contributed by atoms with E-state index in [9.17, 15) is 18.0 Å². The number of carbonyl (C=O) groups is 2. The highest BCUT2D eigenvalue weighted by atomic mass is 32.2. The first-order valence-electron chi connectivity index (χ1n) is 6.79. The monoisotopic (exact) mass is 326 g/mol. The number of methoxy groups -OCH3 is 1. The van der Waals surface area contributed by atoms with Crippen LogP contribution in [0.1, 0.15) is 28.8 Å². The van der Waals surface area contributed by atoms with Gasteiger partial charge in [-0.3, -0.25) is 4.79 Å². The van der Waals surface area contributed by atoms with Gasteiger partial charge in [0, 0.05) is 6.54 Å². The topological polar surface area (TPSA) is 107 Å². The molecule has 1 amide bonds. The van der Waals surface area contributed by atoms with Gasteiger partial charge in [-0.1, -0.05) is 6.07 Å². The molecule has 0 bridgehead atoms. The molecule has 1 atom stereocenters. The quantitative estimate of drug-likeness (QED) is 0.807. The molecule has 0 saturated carbocycles. The van der Waals surface area contributed by atoms with Crippen LogP contribution in [0.2, 0.25) is 0 Å². The standard InChI is InChI=1S/C14H18N2O5S/c1-9-5-6-10(14(18)21-2)8-12(9)22(19,20)16-7-3-4-11(16)13(15)17/h5-6,8,11H,3-4,7H2,1-2H3,(H2,15,17). The number of carbonyl (C=O) groups excluding carboxylic acids is 2. The second kappa shape index (κ2) is 6.05. The van der Waals surface area contributed by atoms with Gasteiger partial charge in [0.25, 0.3) is 0 Å². The summed E-state index contributed by atoms with van der Waals surface area (Å²) >= 11 is 0. The number of aryl methyl sites for hydroxylation is 1. The number of rotatable bonds is 4. The molecule has 1 aliphatic rings. The molecule has 2 N–H and O–H groups in total. The molecular weight excluding hydrogens is 308 g/mol. The lowest BCUT2D eigenvalue weighted by atomic mass is 10.1. The van der Waals surface area contributed by atoms with Gasteiger partial charge in [0.15, 0.2) is 0 Å². The van der Waals surface area contributed by atoms with E-state index >= 15 is 0 Å². The second-order valence-electron chi connectivity index (χ2n) is 5.15.